The van der Waals surface area contributed by atoms with Gasteiger partial charge in [0.25, 0.3) is 0 Å². The smallest absolute Gasteiger partial charge is 0.0605 e. The van der Waals surface area contributed by atoms with Crippen molar-refractivity contribution in [3.63, 3.8) is 0 Å². The van der Waals surface area contributed by atoms with Crippen LogP contribution in [-0.4, -0.2) is 49.3 Å². The lowest BCUT2D eigenvalue weighted by Gasteiger charge is -2.40. The molecule has 0 bridgehead atoms. The van der Waals surface area contributed by atoms with E-state index in [2.05, 4.69) is 37.9 Å². The third-order valence-electron chi connectivity index (χ3n) is 9.35. The maximum absolute atomic E-state index is 6.43. The predicted octanol–water partition coefficient (Wildman–Crippen LogP) is 9.53. The zero-order valence-corrected chi connectivity index (χ0v) is 25.9. The van der Waals surface area contributed by atoms with E-state index in [1.165, 1.54) is 154 Å². The summed E-state index contributed by atoms with van der Waals surface area (Å²) >= 11 is 0. The van der Waals surface area contributed by atoms with Crippen molar-refractivity contribution in [3.05, 3.63) is 0 Å². The fraction of sp³-hybridized carbons (Fsp3) is 1.00. The van der Waals surface area contributed by atoms with Gasteiger partial charge in [-0.05, 0) is 76.3 Å². The summed E-state index contributed by atoms with van der Waals surface area (Å²) in [4.78, 5) is 2.80. The van der Waals surface area contributed by atoms with Crippen LogP contribution in [0.1, 0.15) is 163 Å². The van der Waals surface area contributed by atoms with Gasteiger partial charge in [0.05, 0.1) is 6.10 Å². The quantitative estimate of drug-likeness (QED) is 0.128. The van der Waals surface area contributed by atoms with E-state index in [1.807, 2.05) is 0 Å². The van der Waals surface area contributed by atoms with Gasteiger partial charge in [-0.1, -0.05) is 111 Å². The largest absolute Gasteiger partial charge is 0.378 e. The van der Waals surface area contributed by atoms with Crippen molar-refractivity contribution < 1.29 is 4.74 Å². The first-order valence-corrected chi connectivity index (χ1v) is 17.3. The van der Waals surface area contributed by atoms with Gasteiger partial charge in [0.2, 0.25) is 0 Å². The Kier molecular flexibility index (Phi) is 19.4. The Morgan fingerprint density at radius 2 is 1.19 bits per heavy atom. The normalized spacial score (nSPS) is 22.0. The molecule has 0 radical (unpaired) electrons. The number of piperidine rings is 1. The lowest BCUT2D eigenvalue weighted by molar-refractivity contribution is -0.0430. The summed E-state index contributed by atoms with van der Waals surface area (Å²) in [7, 11) is 0. The van der Waals surface area contributed by atoms with E-state index in [1.54, 1.807) is 0 Å². The summed E-state index contributed by atoms with van der Waals surface area (Å²) < 4.78 is 6.43. The average Bonchev–Trinajstić information content (AvgIpc) is 2.88. The highest BCUT2D eigenvalue weighted by molar-refractivity contribution is 4.89. The second-order valence-electron chi connectivity index (χ2n) is 12.9. The molecule has 2 rings (SSSR count). The van der Waals surface area contributed by atoms with Crippen molar-refractivity contribution in [2.45, 2.75) is 181 Å². The Morgan fingerprint density at radius 1 is 0.676 bits per heavy atom. The van der Waals surface area contributed by atoms with Crippen LogP contribution in [0, 0.1) is 11.8 Å². The van der Waals surface area contributed by atoms with Crippen LogP contribution >= 0.6 is 0 Å². The van der Waals surface area contributed by atoms with Crippen molar-refractivity contribution in [1.82, 2.24) is 10.2 Å². The van der Waals surface area contributed by atoms with Gasteiger partial charge in [-0.25, -0.2) is 0 Å². The molecule has 1 N–H and O–H groups in total. The number of likely N-dealkylation sites (tertiary alicyclic amines) is 1. The van der Waals surface area contributed by atoms with Gasteiger partial charge in [-0.15, -0.1) is 0 Å². The number of nitrogens with zero attached hydrogens (tertiary/aromatic N) is 1. The molecule has 1 atom stereocenters. The minimum Gasteiger partial charge on any atom is -0.378 e. The summed E-state index contributed by atoms with van der Waals surface area (Å²) in [5.41, 5.74) is 0. The molecular formula is C34H68N2O. The average molecular weight is 521 g/mol. The molecule has 1 heterocycles. The van der Waals surface area contributed by atoms with Crippen LogP contribution in [0.25, 0.3) is 0 Å². The first-order chi connectivity index (χ1) is 18.2. The standard InChI is InChI=1S/C34H68N2O/c1-5-9-13-17-19-30(18-14-10-6-2)28-36-24-22-31(23-25-36)29-37-34-26-33(27-34)35-32(20-15-11-7-3)21-16-12-8-4/h30-35H,5-29H2,1-4H3/t30?,33-,34-. The summed E-state index contributed by atoms with van der Waals surface area (Å²) in [5, 5.41) is 4.02. The van der Waals surface area contributed by atoms with E-state index in [0.29, 0.717) is 12.1 Å². The number of hydrogen-bond acceptors (Lipinski definition) is 3. The lowest BCUT2D eigenvalue weighted by atomic mass is 9.87. The highest BCUT2D eigenvalue weighted by Crippen LogP contribution is 2.28. The molecule has 0 aromatic heterocycles. The maximum atomic E-state index is 6.43. The molecule has 0 spiro atoms. The van der Waals surface area contributed by atoms with E-state index in [0.717, 1.165) is 24.5 Å². The minimum absolute atomic E-state index is 0.522. The van der Waals surface area contributed by atoms with Gasteiger partial charge < -0.3 is 15.0 Å². The Labute approximate surface area is 233 Å². The van der Waals surface area contributed by atoms with Gasteiger partial charge in [0, 0.05) is 25.2 Å². The van der Waals surface area contributed by atoms with Crippen LogP contribution < -0.4 is 5.32 Å². The Bertz CT molecular complexity index is 488. The zero-order valence-electron chi connectivity index (χ0n) is 25.9. The topological polar surface area (TPSA) is 24.5 Å². The van der Waals surface area contributed by atoms with Gasteiger partial charge in [-0.2, -0.15) is 0 Å². The van der Waals surface area contributed by atoms with E-state index in [-0.39, 0.29) is 0 Å². The van der Waals surface area contributed by atoms with Crippen LogP contribution in [0.2, 0.25) is 0 Å². The Balaban J connectivity index is 1.59. The fourth-order valence-corrected chi connectivity index (χ4v) is 6.61. The SMILES string of the molecule is CCCCCCC(CCCCC)CN1CCC(CO[C@H]2C[C@H](NC(CCCCC)CCCCC)C2)CC1. The van der Waals surface area contributed by atoms with Gasteiger partial charge in [0.15, 0.2) is 0 Å². The van der Waals surface area contributed by atoms with E-state index in [4.69, 9.17) is 4.74 Å². The molecular weight excluding hydrogens is 452 g/mol. The third-order valence-corrected chi connectivity index (χ3v) is 9.35. The monoisotopic (exact) mass is 521 g/mol. The van der Waals surface area contributed by atoms with E-state index in [9.17, 15) is 0 Å². The van der Waals surface area contributed by atoms with Gasteiger partial charge in [-0.3, -0.25) is 0 Å². The van der Waals surface area contributed by atoms with Gasteiger partial charge >= 0.3 is 0 Å². The zero-order chi connectivity index (χ0) is 26.6. The molecule has 2 aliphatic rings. The minimum atomic E-state index is 0.522. The summed E-state index contributed by atoms with van der Waals surface area (Å²) in [5.74, 6) is 1.73. The maximum Gasteiger partial charge on any atom is 0.0605 e. The number of rotatable bonds is 24. The second-order valence-corrected chi connectivity index (χ2v) is 12.9. The molecule has 220 valence electrons. The summed E-state index contributed by atoms with van der Waals surface area (Å²) in [6.07, 6.45) is 29.5. The van der Waals surface area contributed by atoms with Crippen molar-refractivity contribution >= 4 is 0 Å². The highest BCUT2D eigenvalue weighted by Gasteiger charge is 2.32. The van der Waals surface area contributed by atoms with Crippen molar-refractivity contribution in [2.24, 2.45) is 11.8 Å². The van der Waals surface area contributed by atoms with Crippen molar-refractivity contribution in [1.29, 1.82) is 0 Å². The van der Waals surface area contributed by atoms with Crippen molar-refractivity contribution in [3.8, 4) is 0 Å². The summed E-state index contributed by atoms with van der Waals surface area (Å²) in [6, 6.07) is 1.45. The van der Waals surface area contributed by atoms with Crippen molar-refractivity contribution in [2.75, 3.05) is 26.2 Å². The third kappa shape index (κ3) is 15.3. The molecule has 1 unspecified atom stereocenters. The van der Waals surface area contributed by atoms with E-state index < -0.39 is 0 Å². The van der Waals surface area contributed by atoms with E-state index >= 15 is 0 Å². The Hall–Kier alpha value is -0.120. The number of unbranched alkanes of at least 4 members (excludes halogenated alkanes) is 9. The number of nitrogens with one attached hydrogen (secondary N) is 1. The van der Waals surface area contributed by atoms with Crippen LogP contribution in [0.5, 0.6) is 0 Å². The second kappa shape index (κ2) is 21.7. The first-order valence-electron chi connectivity index (χ1n) is 17.3. The van der Waals surface area contributed by atoms with Crippen LogP contribution in [0.3, 0.4) is 0 Å². The number of ether oxygens (including phenoxy) is 1. The molecule has 1 aliphatic heterocycles. The summed E-state index contributed by atoms with van der Waals surface area (Å²) in [6.45, 7) is 14.3. The van der Waals surface area contributed by atoms with Crippen LogP contribution in [0.15, 0.2) is 0 Å². The van der Waals surface area contributed by atoms with Crippen LogP contribution in [0.4, 0.5) is 0 Å². The molecule has 0 aromatic carbocycles. The molecule has 3 heteroatoms. The molecule has 0 amide bonds. The lowest BCUT2D eigenvalue weighted by Crippen LogP contribution is -2.50. The molecule has 37 heavy (non-hydrogen) atoms. The molecule has 1 saturated carbocycles. The molecule has 0 aromatic rings. The molecule has 1 saturated heterocycles. The Morgan fingerprint density at radius 3 is 1.76 bits per heavy atom. The molecule has 1 aliphatic carbocycles. The number of hydrogen-bond donors (Lipinski definition) is 1. The molecule has 2 fully saturated rings. The molecule has 3 nitrogen and oxygen atoms in total. The fourth-order valence-electron chi connectivity index (χ4n) is 6.61. The van der Waals surface area contributed by atoms with Crippen LogP contribution in [-0.2, 0) is 4.74 Å². The van der Waals surface area contributed by atoms with Gasteiger partial charge in [0.1, 0.15) is 0 Å². The first kappa shape index (κ1) is 33.1. The predicted molar refractivity (Wildman–Crippen MR) is 164 cm³/mol. The highest BCUT2D eigenvalue weighted by atomic mass is 16.5.